The second-order valence-electron chi connectivity index (χ2n) is 3.15. The van der Waals surface area contributed by atoms with Gasteiger partial charge >= 0.3 is 6.18 Å². The van der Waals surface area contributed by atoms with Crippen LogP contribution in [0.25, 0.3) is 0 Å². The molecule has 0 bridgehead atoms. The Balaban J connectivity index is 2.70. The summed E-state index contributed by atoms with van der Waals surface area (Å²) in [4.78, 5) is 3.19. The van der Waals surface area contributed by atoms with E-state index in [0.717, 1.165) is 12.3 Å². The molecule has 7 heteroatoms. The fourth-order valence-electron chi connectivity index (χ4n) is 1.08. The lowest BCUT2D eigenvalue weighted by molar-refractivity contribution is -0.141. The quantitative estimate of drug-likeness (QED) is 0.813. The number of nitrogens with zero attached hydrogens (tertiary/aromatic N) is 1. The molecule has 0 radical (unpaired) electrons. The molecule has 1 heterocycles. The average Bonchev–Trinajstić information content (AvgIpc) is 2.25. The van der Waals surface area contributed by atoms with E-state index in [9.17, 15) is 13.2 Å². The minimum atomic E-state index is -4.51. The minimum Gasteiger partial charge on any atom is -0.489 e. The number of rotatable bonds is 5. The van der Waals surface area contributed by atoms with Crippen LogP contribution in [0.2, 0.25) is 0 Å². The number of nitrogens with two attached hydrogens (primary N) is 1. The molecule has 0 fully saturated rings. The summed E-state index contributed by atoms with van der Waals surface area (Å²) in [7, 11) is 0. The topological polar surface area (TPSA) is 57.4 Å². The van der Waals surface area contributed by atoms with E-state index >= 15 is 0 Å². The van der Waals surface area contributed by atoms with Gasteiger partial charge in [-0.25, -0.2) is 4.98 Å². The van der Waals surface area contributed by atoms with Crippen LogP contribution in [0.5, 0.6) is 5.75 Å². The van der Waals surface area contributed by atoms with E-state index in [-0.39, 0.29) is 18.0 Å². The van der Waals surface area contributed by atoms with Gasteiger partial charge in [0, 0.05) is 12.7 Å². The van der Waals surface area contributed by atoms with Crippen molar-refractivity contribution in [1.29, 1.82) is 0 Å². The predicted molar refractivity (Wildman–Crippen MR) is 55.6 cm³/mol. The Morgan fingerprint density at radius 2 is 2.06 bits per heavy atom. The van der Waals surface area contributed by atoms with Crippen molar-refractivity contribution in [1.82, 2.24) is 4.98 Å². The largest absolute Gasteiger partial charge is 0.489 e. The van der Waals surface area contributed by atoms with Crippen LogP contribution in [0.1, 0.15) is 12.6 Å². The normalized spacial score (nSPS) is 11.5. The lowest BCUT2D eigenvalue weighted by Crippen LogP contribution is -2.11. The highest BCUT2D eigenvalue weighted by atomic mass is 19.4. The van der Waals surface area contributed by atoms with Gasteiger partial charge in [0.25, 0.3) is 0 Å². The van der Waals surface area contributed by atoms with Gasteiger partial charge in [0.1, 0.15) is 18.1 Å². The minimum absolute atomic E-state index is 0.0352. The van der Waals surface area contributed by atoms with E-state index in [2.05, 4.69) is 4.98 Å². The first kappa shape index (κ1) is 13.6. The van der Waals surface area contributed by atoms with Crippen LogP contribution in [-0.4, -0.2) is 24.8 Å². The molecule has 2 N–H and O–H groups in total. The molecule has 0 saturated carbocycles. The molecule has 0 saturated heterocycles. The van der Waals surface area contributed by atoms with Crippen LogP contribution in [0.15, 0.2) is 12.3 Å². The number of pyridine rings is 1. The molecular formula is C10H13F3N2O2. The molecule has 0 aliphatic heterocycles. The number of alkyl halides is 3. The Hall–Kier alpha value is -1.50. The first-order valence-electron chi connectivity index (χ1n) is 4.98. The molecule has 0 spiro atoms. The highest BCUT2D eigenvalue weighted by Crippen LogP contribution is 2.31. The van der Waals surface area contributed by atoms with Crippen LogP contribution in [0, 0.1) is 0 Å². The van der Waals surface area contributed by atoms with Crippen molar-refractivity contribution in [2.75, 3.05) is 25.6 Å². The van der Waals surface area contributed by atoms with Gasteiger partial charge in [0.15, 0.2) is 0 Å². The van der Waals surface area contributed by atoms with Crippen molar-refractivity contribution >= 4 is 5.69 Å². The zero-order valence-corrected chi connectivity index (χ0v) is 9.25. The molecule has 1 rings (SSSR count). The Bertz CT molecular complexity index is 369. The summed E-state index contributed by atoms with van der Waals surface area (Å²) < 4.78 is 47.2. The number of aromatic nitrogens is 1. The van der Waals surface area contributed by atoms with Gasteiger partial charge in [-0.2, -0.15) is 13.2 Å². The first-order chi connectivity index (χ1) is 7.95. The summed E-state index contributed by atoms with van der Waals surface area (Å²) in [6.45, 7) is 2.75. The number of ether oxygens (including phenoxy) is 2. The summed E-state index contributed by atoms with van der Waals surface area (Å²) in [5, 5.41) is 0. The molecular weight excluding hydrogens is 237 g/mol. The fourth-order valence-corrected chi connectivity index (χ4v) is 1.08. The second-order valence-corrected chi connectivity index (χ2v) is 3.15. The van der Waals surface area contributed by atoms with E-state index in [1.807, 2.05) is 6.92 Å². The third kappa shape index (κ3) is 4.10. The van der Waals surface area contributed by atoms with Crippen molar-refractivity contribution < 1.29 is 22.6 Å². The maximum atomic E-state index is 12.4. The van der Waals surface area contributed by atoms with Crippen LogP contribution in [0.4, 0.5) is 18.9 Å². The predicted octanol–water partition coefficient (Wildman–Crippen LogP) is 2.10. The van der Waals surface area contributed by atoms with E-state index in [4.69, 9.17) is 15.2 Å². The third-order valence-electron chi connectivity index (χ3n) is 1.87. The van der Waals surface area contributed by atoms with Gasteiger partial charge in [-0.1, -0.05) is 0 Å². The summed E-state index contributed by atoms with van der Waals surface area (Å²) in [5.74, 6) is -0.0352. The van der Waals surface area contributed by atoms with E-state index in [0.29, 0.717) is 13.2 Å². The maximum Gasteiger partial charge on any atom is 0.433 e. The third-order valence-corrected chi connectivity index (χ3v) is 1.87. The Kier molecular flexibility index (Phi) is 4.56. The van der Waals surface area contributed by atoms with E-state index < -0.39 is 11.9 Å². The second kappa shape index (κ2) is 5.72. The van der Waals surface area contributed by atoms with Crippen LogP contribution >= 0.6 is 0 Å². The van der Waals surface area contributed by atoms with Gasteiger partial charge in [0.05, 0.1) is 18.5 Å². The van der Waals surface area contributed by atoms with Crippen LogP contribution in [0.3, 0.4) is 0 Å². The van der Waals surface area contributed by atoms with Crippen molar-refractivity contribution in [3.05, 3.63) is 18.0 Å². The van der Waals surface area contributed by atoms with Gasteiger partial charge in [-0.05, 0) is 6.92 Å². The zero-order valence-electron chi connectivity index (χ0n) is 9.25. The van der Waals surface area contributed by atoms with Crippen molar-refractivity contribution in [3.63, 3.8) is 0 Å². The van der Waals surface area contributed by atoms with E-state index in [1.165, 1.54) is 0 Å². The smallest absolute Gasteiger partial charge is 0.433 e. The number of nitrogen functional groups attached to an aromatic ring is 1. The standard InChI is InChI=1S/C10H13F3N2O2/c1-2-16-3-4-17-8-5-9(10(11,12)13)15-6-7(8)14/h5-6H,2-4,14H2,1H3. The van der Waals surface area contributed by atoms with Crippen molar-refractivity contribution in [2.24, 2.45) is 0 Å². The molecule has 17 heavy (non-hydrogen) atoms. The molecule has 0 unspecified atom stereocenters. The zero-order chi connectivity index (χ0) is 12.9. The summed E-state index contributed by atoms with van der Waals surface area (Å²) in [5.41, 5.74) is 4.49. The number of hydrogen-bond acceptors (Lipinski definition) is 4. The molecule has 0 aliphatic carbocycles. The van der Waals surface area contributed by atoms with E-state index in [1.54, 1.807) is 0 Å². The molecule has 1 aromatic rings. The monoisotopic (exact) mass is 250 g/mol. The SMILES string of the molecule is CCOCCOc1cc(C(F)(F)F)ncc1N. The molecule has 0 amide bonds. The summed E-state index contributed by atoms with van der Waals surface area (Å²) in [6.07, 6.45) is -3.58. The number of anilines is 1. The Labute approximate surface area is 96.5 Å². The summed E-state index contributed by atoms with van der Waals surface area (Å²) in [6, 6.07) is 0.779. The van der Waals surface area contributed by atoms with Gasteiger partial charge < -0.3 is 15.2 Å². The van der Waals surface area contributed by atoms with Crippen LogP contribution in [-0.2, 0) is 10.9 Å². The highest BCUT2D eigenvalue weighted by Gasteiger charge is 2.33. The number of hydrogen-bond donors (Lipinski definition) is 1. The average molecular weight is 250 g/mol. The van der Waals surface area contributed by atoms with Crippen molar-refractivity contribution in [3.8, 4) is 5.75 Å². The van der Waals surface area contributed by atoms with Crippen molar-refractivity contribution in [2.45, 2.75) is 13.1 Å². The lowest BCUT2D eigenvalue weighted by atomic mass is 10.3. The Morgan fingerprint density at radius 3 is 2.65 bits per heavy atom. The molecule has 0 aromatic carbocycles. The maximum absolute atomic E-state index is 12.4. The van der Waals surface area contributed by atoms with Gasteiger partial charge in [-0.3, -0.25) is 0 Å². The molecule has 96 valence electrons. The summed E-state index contributed by atoms with van der Waals surface area (Å²) >= 11 is 0. The molecule has 4 nitrogen and oxygen atoms in total. The number of halogens is 3. The Morgan fingerprint density at radius 1 is 1.35 bits per heavy atom. The van der Waals surface area contributed by atoms with Crippen LogP contribution < -0.4 is 10.5 Å². The first-order valence-corrected chi connectivity index (χ1v) is 4.98. The molecule has 0 aliphatic rings. The van der Waals surface area contributed by atoms with Gasteiger partial charge in [-0.15, -0.1) is 0 Å². The van der Waals surface area contributed by atoms with Gasteiger partial charge in [0.2, 0.25) is 0 Å². The molecule has 1 aromatic heterocycles. The molecule has 0 atom stereocenters. The lowest BCUT2D eigenvalue weighted by Gasteiger charge is -2.11. The highest BCUT2D eigenvalue weighted by molar-refractivity contribution is 5.51. The fraction of sp³-hybridized carbons (Fsp3) is 0.500.